The molecule has 168 valence electrons. The van der Waals surface area contributed by atoms with Crippen LogP contribution >= 0.6 is 0 Å². The van der Waals surface area contributed by atoms with Gasteiger partial charge in [0, 0.05) is 37.1 Å². The largest absolute Gasteiger partial charge is 0.486 e. The van der Waals surface area contributed by atoms with Crippen LogP contribution in [0, 0.1) is 11.8 Å². The van der Waals surface area contributed by atoms with Crippen molar-refractivity contribution in [1.29, 1.82) is 0 Å². The van der Waals surface area contributed by atoms with Gasteiger partial charge in [0.15, 0.2) is 0 Å². The topological polar surface area (TPSA) is 67.4 Å². The van der Waals surface area contributed by atoms with Gasteiger partial charge in [-0.25, -0.2) is 13.2 Å². The maximum Gasteiger partial charge on any atom is 0.254 e. The Morgan fingerprint density at radius 3 is 2.41 bits per heavy atom. The van der Waals surface area contributed by atoms with Gasteiger partial charge >= 0.3 is 0 Å². The van der Waals surface area contributed by atoms with Gasteiger partial charge in [-0.1, -0.05) is 30.3 Å². The highest BCUT2D eigenvalue weighted by Crippen LogP contribution is 2.58. The fraction of sp³-hybridized carbons (Fsp3) is 0.417. The van der Waals surface area contributed by atoms with Crippen molar-refractivity contribution in [3.63, 3.8) is 0 Å². The lowest BCUT2D eigenvalue weighted by Gasteiger charge is -2.17. The Kier molecular flexibility index (Phi) is 4.91. The van der Waals surface area contributed by atoms with E-state index in [0.717, 1.165) is 5.56 Å². The first kappa shape index (κ1) is 20.8. The Morgan fingerprint density at radius 2 is 1.78 bits per heavy atom. The molecule has 3 aliphatic rings. The molecule has 2 aromatic carbocycles. The molecule has 2 saturated carbocycles. The lowest BCUT2D eigenvalue weighted by atomic mass is 9.86. The zero-order valence-electron chi connectivity index (χ0n) is 17.4. The third-order valence-corrected chi connectivity index (χ3v) is 6.84. The predicted molar refractivity (Wildman–Crippen MR) is 111 cm³/mol. The number of ether oxygens (including phenoxy) is 1. The Morgan fingerprint density at radius 1 is 1.09 bits per heavy atom. The first-order chi connectivity index (χ1) is 15.3. The number of carbonyl (C=O) groups is 2. The molecule has 2 amide bonds. The summed E-state index contributed by atoms with van der Waals surface area (Å²) >= 11 is 0. The van der Waals surface area contributed by atoms with E-state index in [1.54, 1.807) is 6.07 Å². The second-order valence-electron chi connectivity index (χ2n) is 8.81. The molecule has 2 aromatic rings. The zero-order valence-corrected chi connectivity index (χ0v) is 17.4. The van der Waals surface area contributed by atoms with Crippen molar-refractivity contribution in [2.24, 2.45) is 11.8 Å². The Bertz CT molecular complexity index is 1060. The van der Waals surface area contributed by atoms with Crippen molar-refractivity contribution in [3.05, 3.63) is 64.7 Å². The molecule has 1 heterocycles. The van der Waals surface area contributed by atoms with E-state index in [1.165, 1.54) is 13.1 Å². The normalized spacial score (nSPS) is 28.9. The molecule has 1 aliphatic heterocycles. The number of benzene rings is 2. The number of carbonyl (C=O) groups excluding carboxylic acids is 2. The summed E-state index contributed by atoms with van der Waals surface area (Å²) in [4.78, 5) is 25.6. The van der Waals surface area contributed by atoms with E-state index >= 15 is 0 Å². The van der Waals surface area contributed by atoms with E-state index in [2.05, 4.69) is 10.6 Å². The third kappa shape index (κ3) is 3.42. The average Bonchev–Trinajstić information content (AvgIpc) is 3.13. The Labute approximate surface area is 183 Å². The van der Waals surface area contributed by atoms with Gasteiger partial charge in [-0.05, 0) is 29.5 Å². The minimum atomic E-state index is -2.65. The molecular formula is C24H23F3N2O3. The SMILES string of the molecule is CNC(=O)c1cc(C(=O)N[C@H]2[C@@H]3CC(F)(F)C[C@@H]32)cc2c1O[C@H](CF)[C@H]2c1ccccc1. The number of rotatable bonds is 5. The van der Waals surface area contributed by atoms with E-state index < -0.39 is 36.4 Å². The number of hydrogen-bond donors (Lipinski definition) is 2. The van der Waals surface area contributed by atoms with E-state index in [1.807, 2.05) is 30.3 Å². The van der Waals surface area contributed by atoms with Gasteiger partial charge in [-0.2, -0.15) is 0 Å². The molecule has 0 spiro atoms. The first-order valence-corrected chi connectivity index (χ1v) is 10.7. The van der Waals surface area contributed by atoms with Gasteiger partial charge in [0.25, 0.3) is 11.8 Å². The minimum absolute atomic E-state index is 0.148. The molecule has 0 radical (unpaired) electrons. The van der Waals surface area contributed by atoms with E-state index in [0.29, 0.717) is 5.56 Å². The zero-order chi connectivity index (χ0) is 22.6. The fourth-order valence-electron chi connectivity index (χ4n) is 5.27. The molecule has 32 heavy (non-hydrogen) atoms. The highest BCUT2D eigenvalue weighted by atomic mass is 19.3. The van der Waals surface area contributed by atoms with Crippen LogP contribution < -0.4 is 15.4 Å². The van der Waals surface area contributed by atoms with E-state index in [4.69, 9.17) is 4.74 Å². The molecule has 8 heteroatoms. The van der Waals surface area contributed by atoms with Gasteiger partial charge in [-0.15, -0.1) is 0 Å². The van der Waals surface area contributed by atoms with Crippen LogP contribution in [0.3, 0.4) is 0 Å². The second kappa shape index (κ2) is 7.53. The van der Waals surface area contributed by atoms with Crippen molar-refractivity contribution in [3.8, 4) is 5.75 Å². The lowest BCUT2D eigenvalue weighted by molar-refractivity contribution is -0.00623. The molecule has 0 saturated heterocycles. The molecule has 2 fully saturated rings. The van der Waals surface area contributed by atoms with Crippen LogP contribution in [0.25, 0.3) is 0 Å². The predicted octanol–water partition coefficient (Wildman–Crippen LogP) is 3.68. The quantitative estimate of drug-likeness (QED) is 0.740. The van der Waals surface area contributed by atoms with Crippen LogP contribution in [0.5, 0.6) is 5.75 Å². The van der Waals surface area contributed by atoms with Gasteiger partial charge in [0.2, 0.25) is 5.92 Å². The maximum atomic E-state index is 13.9. The average molecular weight is 444 g/mol. The van der Waals surface area contributed by atoms with Crippen LogP contribution in [-0.4, -0.2) is 43.6 Å². The minimum Gasteiger partial charge on any atom is -0.486 e. The van der Waals surface area contributed by atoms with Crippen molar-refractivity contribution in [2.75, 3.05) is 13.7 Å². The van der Waals surface area contributed by atoms with Crippen LogP contribution in [-0.2, 0) is 0 Å². The van der Waals surface area contributed by atoms with Crippen LogP contribution in [0.2, 0.25) is 0 Å². The lowest BCUT2D eigenvalue weighted by Crippen LogP contribution is -2.31. The number of fused-ring (bicyclic) bond motifs is 2. The van der Waals surface area contributed by atoms with E-state index in [9.17, 15) is 22.8 Å². The molecule has 2 aliphatic carbocycles. The van der Waals surface area contributed by atoms with Crippen molar-refractivity contribution >= 4 is 11.8 Å². The number of hydrogen-bond acceptors (Lipinski definition) is 3. The van der Waals surface area contributed by atoms with E-state index in [-0.39, 0.29) is 47.6 Å². The maximum absolute atomic E-state index is 13.9. The van der Waals surface area contributed by atoms with Crippen molar-refractivity contribution in [2.45, 2.75) is 36.8 Å². The third-order valence-electron chi connectivity index (χ3n) is 6.84. The molecule has 5 rings (SSSR count). The number of nitrogens with one attached hydrogen (secondary N) is 2. The van der Waals surface area contributed by atoms with Crippen molar-refractivity contribution in [1.82, 2.24) is 10.6 Å². The summed E-state index contributed by atoms with van der Waals surface area (Å²) < 4.78 is 46.6. The molecular weight excluding hydrogens is 421 g/mol. The molecule has 5 nitrogen and oxygen atoms in total. The molecule has 0 bridgehead atoms. The van der Waals surface area contributed by atoms with Gasteiger partial charge < -0.3 is 15.4 Å². The molecule has 2 N–H and O–H groups in total. The number of amides is 2. The monoisotopic (exact) mass is 444 g/mol. The molecule has 0 aromatic heterocycles. The van der Waals surface area contributed by atoms with Crippen LogP contribution in [0.4, 0.5) is 13.2 Å². The van der Waals surface area contributed by atoms with Crippen LogP contribution in [0.15, 0.2) is 42.5 Å². The summed E-state index contributed by atoms with van der Waals surface area (Å²) in [6.45, 7) is -0.761. The Balaban J connectivity index is 1.49. The molecule has 5 atom stereocenters. The highest BCUT2D eigenvalue weighted by Gasteiger charge is 2.63. The summed E-state index contributed by atoms with van der Waals surface area (Å²) in [6, 6.07) is 12.0. The standard InChI is InChI=1S/C24H23F3N2O3/c1-28-23(31)15-8-13(22(30)29-20-16-9-24(26,27)10-17(16)20)7-14-19(12-5-3-2-4-6-12)18(11-25)32-21(14)15/h2-8,16-20H,9-11H2,1H3,(H,28,31)(H,29,30)/t16-,17+,18-,19+,20+/m1/s1. The van der Waals surface area contributed by atoms with Crippen LogP contribution in [0.1, 0.15) is 50.6 Å². The fourth-order valence-corrected chi connectivity index (χ4v) is 5.27. The van der Waals surface area contributed by atoms with Crippen molar-refractivity contribution < 1.29 is 27.5 Å². The summed E-state index contributed by atoms with van der Waals surface area (Å²) in [5.74, 6) is -4.18. The van der Waals surface area contributed by atoms with Gasteiger partial charge in [0.05, 0.1) is 11.5 Å². The summed E-state index contributed by atoms with van der Waals surface area (Å²) in [5.41, 5.74) is 1.75. The first-order valence-electron chi connectivity index (χ1n) is 10.7. The molecule has 0 unspecified atom stereocenters. The Hall–Kier alpha value is -3.03. The summed E-state index contributed by atoms with van der Waals surface area (Å²) in [7, 11) is 1.46. The summed E-state index contributed by atoms with van der Waals surface area (Å²) in [6.07, 6.45) is -1.24. The summed E-state index contributed by atoms with van der Waals surface area (Å²) in [5, 5.41) is 5.38. The second-order valence-corrected chi connectivity index (χ2v) is 8.81. The highest BCUT2D eigenvalue weighted by molar-refractivity contribution is 6.02. The smallest absolute Gasteiger partial charge is 0.254 e. The number of alkyl halides is 3. The van der Waals surface area contributed by atoms with Gasteiger partial charge in [-0.3, -0.25) is 9.59 Å². The van der Waals surface area contributed by atoms with Gasteiger partial charge in [0.1, 0.15) is 18.5 Å². The number of halogens is 3.